The third-order valence-electron chi connectivity index (χ3n) is 2.22. The number of rotatable bonds is 6. The van der Waals surface area contributed by atoms with Gasteiger partial charge in [-0.1, -0.05) is 0 Å². The zero-order valence-corrected chi connectivity index (χ0v) is 11.7. The van der Waals surface area contributed by atoms with E-state index in [1.807, 2.05) is 0 Å². The minimum absolute atomic E-state index is 0.0485. The third kappa shape index (κ3) is 3.08. The molecule has 0 aliphatic carbocycles. The molecule has 8 nitrogen and oxygen atoms in total. The molecule has 0 radical (unpaired) electrons. The van der Waals surface area contributed by atoms with Crippen LogP contribution in [-0.4, -0.2) is 41.4 Å². The van der Waals surface area contributed by atoms with Crippen LogP contribution >= 0.6 is 15.6 Å². The Hall–Kier alpha value is -0.520. The minimum atomic E-state index is -4.42. The van der Waals surface area contributed by atoms with Gasteiger partial charge >= 0.3 is 19.5 Å². The van der Waals surface area contributed by atoms with Gasteiger partial charge in [0.1, 0.15) is 0 Å². The molecule has 0 aromatic heterocycles. The van der Waals surface area contributed by atoms with E-state index in [0.29, 0.717) is 0 Å². The highest BCUT2D eigenvalue weighted by Crippen LogP contribution is 2.56. The number of hydrogen-bond donors (Lipinski definition) is 1. The first-order valence-electron chi connectivity index (χ1n) is 5.24. The van der Waals surface area contributed by atoms with E-state index in [0.717, 1.165) is 0 Å². The molecule has 0 amide bonds. The van der Waals surface area contributed by atoms with Crippen molar-refractivity contribution in [3.63, 3.8) is 0 Å². The lowest BCUT2D eigenvalue weighted by Crippen LogP contribution is -2.27. The number of carbonyl (C=O) groups is 2. The lowest BCUT2D eigenvalue weighted by molar-refractivity contribution is -0.151. The SMILES string of the molecule is CCO[PH](=O)C1C(=O)OC(=O)C1P(=O)(O)OCC. The highest BCUT2D eigenvalue weighted by molar-refractivity contribution is 7.56. The van der Waals surface area contributed by atoms with Crippen LogP contribution in [0.2, 0.25) is 0 Å². The van der Waals surface area contributed by atoms with Crippen molar-refractivity contribution in [3.05, 3.63) is 0 Å². The molecule has 1 rings (SSSR count). The Morgan fingerprint density at radius 2 is 1.94 bits per heavy atom. The number of carbonyl (C=O) groups excluding carboxylic acids is 2. The van der Waals surface area contributed by atoms with Gasteiger partial charge in [-0.25, -0.2) is 0 Å². The van der Waals surface area contributed by atoms with Gasteiger partial charge in [-0.05, 0) is 13.8 Å². The van der Waals surface area contributed by atoms with Gasteiger partial charge in [0.05, 0.1) is 13.2 Å². The molecule has 1 fully saturated rings. The first-order chi connectivity index (χ1) is 8.35. The maximum Gasteiger partial charge on any atom is 0.343 e. The van der Waals surface area contributed by atoms with Crippen LogP contribution < -0.4 is 0 Å². The van der Waals surface area contributed by atoms with Crippen molar-refractivity contribution < 1.29 is 37.4 Å². The quantitative estimate of drug-likeness (QED) is 0.429. The normalized spacial score (nSPS) is 28.8. The molecule has 10 heteroatoms. The summed E-state index contributed by atoms with van der Waals surface area (Å²) in [6.45, 7) is 2.91. The van der Waals surface area contributed by atoms with E-state index >= 15 is 0 Å². The van der Waals surface area contributed by atoms with E-state index in [9.17, 15) is 23.6 Å². The van der Waals surface area contributed by atoms with Crippen molar-refractivity contribution in [1.29, 1.82) is 0 Å². The predicted octanol–water partition coefficient (Wildman–Crippen LogP) is 0.540. The highest BCUT2D eigenvalue weighted by Gasteiger charge is 2.58. The number of cyclic esters (lactones) is 2. The third-order valence-corrected chi connectivity index (χ3v) is 5.99. The molecular weight excluding hydrogens is 286 g/mol. The molecule has 0 spiro atoms. The largest absolute Gasteiger partial charge is 0.392 e. The predicted molar refractivity (Wildman–Crippen MR) is 60.8 cm³/mol. The first kappa shape index (κ1) is 15.5. The summed E-state index contributed by atoms with van der Waals surface area (Å²) in [6.07, 6.45) is 0. The van der Waals surface area contributed by atoms with E-state index in [2.05, 4.69) is 9.26 Å². The molecule has 1 aliphatic heterocycles. The van der Waals surface area contributed by atoms with Gasteiger partial charge in [0.15, 0.2) is 11.3 Å². The first-order valence-corrected chi connectivity index (χ1v) is 8.28. The maximum absolute atomic E-state index is 11.8. The second-order valence-electron chi connectivity index (χ2n) is 3.40. The van der Waals surface area contributed by atoms with Crippen LogP contribution in [0.25, 0.3) is 0 Å². The summed E-state index contributed by atoms with van der Waals surface area (Å²) in [5.74, 6) is -2.32. The summed E-state index contributed by atoms with van der Waals surface area (Å²) in [4.78, 5) is 32.4. The average Bonchev–Trinajstić information content (AvgIpc) is 2.54. The molecule has 104 valence electrons. The molecule has 1 N–H and O–H groups in total. The van der Waals surface area contributed by atoms with E-state index in [1.54, 1.807) is 6.92 Å². The number of ether oxygens (including phenoxy) is 1. The topological polar surface area (TPSA) is 116 Å². The van der Waals surface area contributed by atoms with Gasteiger partial charge in [-0.15, -0.1) is 0 Å². The number of hydrogen-bond acceptors (Lipinski definition) is 7. The summed E-state index contributed by atoms with van der Waals surface area (Å²) >= 11 is 0. The molecule has 0 bridgehead atoms. The van der Waals surface area contributed by atoms with E-state index < -0.39 is 38.9 Å². The van der Waals surface area contributed by atoms with Crippen molar-refractivity contribution in [1.82, 2.24) is 0 Å². The highest BCUT2D eigenvalue weighted by atomic mass is 31.2. The molecule has 0 aromatic rings. The van der Waals surface area contributed by atoms with Gasteiger partial charge in [0, 0.05) is 0 Å². The van der Waals surface area contributed by atoms with Crippen LogP contribution in [0.5, 0.6) is 0 Å². The Balaban J connectivity index is 3.05. The van der Waals surface area contributed by atoms with E-state index in [1.165, 1.54) is 6.92 Å². The fourth-order valence-corrected chi connectivity index (χ4v) is 4.92. The van der Waals surface area contributed by atoms with Gasteiger partial charge in [0.25, 0.3) is 0 Å². The average molecular weight is 300 g/mol. The maximum atomic E-state index is 11.8. The zero-order chi connectivity index (χ0) is 13.9. The second-order valence-corrected chi connectivity index (χ2v) is 6.89. The molecule has 4 unspecified atom stereocenters. The van der Waals surface area contributed by atoms with Gasteiger partial charge < -0.3 is 18.7 Å². The van der Waals surface area contributed by atoms with Crippen LogP contribution in [0.4, 0.5) is 0 Å². The lowest BCUT2D eigenvalue weighted by atomic mass is 10.3. The fourth-order valence-electron chi connectivity index (χ4n) is 1.53. The van der Waals surface area contributed by atoms with Crippen LogP contribution in [0, 0.1) is 0 Å². The van der Waals surface area contributed by atoms with Crippen molar-refractivity contribution in [3.8, 4) is 0 Å². The Morgan fingerprint density at radius 1 is 1.33 bits per heavy atom. The summed E-state index contributed by atoms with van der Waals surface area (Å²) in [5.41, 5.74) is -3.34. The van der Waals surface area contributed by atoms with Crippen LogP contribution in [0.1, 0.15) is 13.8 Å². The molecular formula is C8H14O8P2. The van der Waals surface area contributed by atoms with E-state index in [-0.39, 0.29) is 13.2 Å². The van der Waals surface area contributed by atoms with Crippen molar-refractivity contribution in [2.75, 3.05) is 13.2 Å². The lowest BCUT2D eigenvalue weighted by Gasteiger charge is -2.18. The smallest absolute Gasteiger partial charge is 0.343 e. The number of esters is 2. The van der Waals surface area contributed by atoms with Gasteiger partial charge in [0.2, 0.25) is 8.03 Å². The molecule has 1 saturated heterocycles. The zero-order valence-electron chi connectivity index (χ0n) is 9.82. The summed E-state index contributed by atoms with van der Waals surface area (Å²) in [7, 11) is -7.42. The minimum Gasteiger partial charge on any atom is -0.392 e. The van der Waals surface area contributed by atoms with Crippen LogP contribution in [0.15, 0.2) is 0 Å². The molecule has 1 heterocycles. The van der Waals surface area contributed by atoms with E-state index in [4.69, 9.17) is 4.52 Å². The van der Waals surface area contributed by atoms with Crippen molar-refractivity contribution in [2.24, 2.45) is 0 Å². The fraction of sp³-hybridized carbons (Fsp3) is 0.750. The van der Waals surface area contributed by atoms with Gasteiger partial charge in [-0.2, -0.15) is 0 Å². The van der Waals surface area contributed by atoms with Crippen LogP contribution in [0.3, 0.4) is 0 Å². The second kappa shape index (κ2) is 6.08. The van der Waals surface area contributed by atoms with Crippen LogP contribution in [-0.2, 0) is 32.5 Å². The Kier molecular flexibility index (Phi) is 5.25. The molecule has 0 saturated carbocycles. The Labute approximate surface area is 104 Å². The standard InChI is InChI=1S/C8H14O8P2/c1-3-14-17(11)5-6(8(10)16-7(5)9)18(12,13)15-4-2/h5-6,17H,3-4H2,1-2H3,(H,12,13). The summed E-state index contributed by atoms with van der Waals surface area (Å²) < 4.78 is 37.0. The monoisotopic (exact) mass is 300 g/mol. The molecule has 1 aliphatic rings. The molecule has 0 aromatic carbocycles. The summed E-state index contributed by atoms with van der Waals surface area (Å²) in [6, 6.07) is 0. The van der Waals surface area contributed by atoms with Crippen molar-refractivity contribution >= 4 is 27.6 Å². The summed E-state index contributed by atoms with van der Waals surface area (Å²) in [5, 5.41) is 0. The Bertz CT molecular complexity index is 419. The van der Waals surface area contributed by atoms with Crippen molar-refractivity contribution in [2.45, 2.75) is 25.2 Å². The molecule has 4 atom stereocenters. The molecule has 18 heavy (non-hydrogen) atoms. The van der Waals surface area contributed by atoms with Gasteiger partial charge in [-0.3, -0.25) is 18.7 Å². The Morgan fingerprint density at radius 3 is 2.44 bits per heavy atom.